The molecule has 0 bridgehead atoms. The normalized spacial score (nSPS) is 16.7. The molecule has 9 heteroatoms. The van der Waals surface area contributed by atoms with Crippen LogP contribution < -0.4 is 5.43 Å². The van der Waals surface area contributed by atoms with E-state index in [1.807, 2.05) is 7.05 Å². The van der Waals surface area contributed by atoms with Crippen molar-refractivity contribution in [3.63, 3.8) is 0 Å². The summed E-state index contributed by atoms with van der Waals surface area (Å²) in [7, 11) is 1.96. The number of likely N-dealkylation sites (N-methyl/N-ethyl adjacent to an activating group) is 1. The second-order valence-electron chi connectivity index (χ2n) is 4.81. The minimum Gasteiger partial charge on any atom is -0.478 e. The molecular weight excluding hydrogens is 283 g/mol. The Bertz CT molecular complexity index is 573. The third kappa shape index (κ3) is 3.44. The van der Waals surface area contributed by atoms with E-state index in [0.29, 0.717) is 19.2 Å². The van der Waals surface area contributed by atoms with Gasteiger partial charge in [0.25, 0.3) is 5.69 Å². The van der Waals surface area contributed by atoms with E-state index >= 15 is 0 Å². The fourth-order valence-electron chi connectivity index (χ4n) is 2.06. The Morgan fingerprint density at radius 2 is 2.00 bits per heavy atom. The molecule has 0 amide bonds. The number of nitrogens with one attached hydrogen (secondary N) is 1. The van der Waals surface area contributed by atoms with Gasteiger partial charge in [0, 0.05) is 26.2 Å². The molecule has 21 heavy (non-hydrogen) atoms. The number of hydrogen-bond donors (Lipinski definition) is 2. The van der Waals surface area contributed by atoms with Crippen molar-refractivity contribution in [1.29, 1.82) is 0 Å². The topological polar surface area (TPSA) is 99.0 Å². The van der Waals surface area contributed by atoms with E-state index in [1.165, 1.54) is 0 Å². The number of aromatic carboxylic acids is 1. The summed E-state index contributed by atoms with van der Waals surface area (Å²) in [6.45, 7) is 2.78. The van der Waals surface area contributed by atoms with Gasteiger partial charge in [0.1, 0.15) is 11.5 Å². The molecule has 2 rings (SSSR count). The van der Waals surface area contributed by atoms with Gasteiger partial charge < -0.3 is 15.4 Å². The third-order valence-electron chi connectivity index (χ3n) is 3.29. The van der Waals surface area contributed by atoms with Crippen LogP contribution in [0.4, 0.5) is 15.8 Å². The lowest BCUT2D eigenvalue weighted by molar-refractivity contribution is -0.384. The van der Waals surface area contributed by atoms with Gasteiger partial charge >= 0.3 is 5.97 Å². The number of hydrogen-bond acceptors (Lipinski definition) is 6. The molecule has 1 aromatic carbocycles. The second-order valence-corrected chi connectivity index (χ2v) is 4.81. The summed E-state index contributed by atoms with van der Waals surface area (Å²) >= 11 is 0. The van der Waals surface area contributed by atoms with Crippen molar-refractivity contribution in [3.8, 4) is 0 Å². The number of hydrazine groups is 1. The van der Waals surface area contributed by atoms with Crippen LogP contribution in [0, 0.1) is 15.9 Å². The molecular formula is C12H15FN4O4. The van der Waals surface area contributed by atoms with Gasteiger partial charge in [-0.1, -0.05) is 0 Å². The molecule has 114 valence electrons. The second kappa shape index (κ2) is 6.02. The summed E-state index contributed by atoms with van der Waals surface area (Å²) in [5.41, 5.74) is 1.69. The Morgan fingerprint density at radius 3 is 2.52 bits per heavy atom. The zero-order chi connectivity index (χ0) is 15.6. The first kappa shape index (κ1) is 15.1. The van der Waals surface area contributed by atoms with Gasteiger partial charge in [-0.2, -0.15) is 0 Å². The molecule has 0 atom stereocenters. The quantitative estimate of drug-likeness (QED) is 0.632. The zero-order valence-corrected chi connectivity index (χ0v) is 11.4. The molecule has 1 aromatic rings. The first-order chi connectivity index (χ1) is 9.88. The highest BCUT2D eigenvalue weighted by Crippen LogP contribution is 2.28. The Labute approximate surface area is 119 Å². The van der Waals surface area contributed by atoms with Gasteiger partial charge in [-0.3, -0.25) is 10.1 Å². The molecule has 0 spiro atoms. The fourth-order valence-corrected chi connectivity index (χ4v) is 2.06. The summed E-state index contributed by atoms with van der Waals surface area (Å²) in [6, 6.07) is 1.58. The number of carbonyl (C=O) groups is 1. The van der Waals surface area contributed by atoms with Crippen LogP contribution in [0.15, 0.2) is 12.1 Å². The summed E-state index contributed by atoms with van der Waals surface area (Å²) < 4.78 is 13.5. The third-order valence-corrected chi connectivity index (χ3v) is 3.29. The van der Waals surface area contributed by atoms with E-state index in [-0.39, 0.29) is 5.69 Å². The molecule has 0 radical (unpaired) electrons. The number of nitro groups is 1. The SMILES string of the molecule is CN1CCN(Nc2cc(C(=O)O)c(F)cc2[N+](=O)[O-])CC1. The maximum absolute atomic E-state index is 13.5. The van der Waals surface area contributed by atoms with Crippen molar-refractivity contribution >= 4 is 17.3 Å². The summed E-state index contributed by atoms with van der Waals surface area (Å²) in [5, 5.41) is 21.6. The number of carboxylic acid groups (broad SMARTS) is 1. The molecule has 0 unspecified atom stereocenters. The Morgan fingerprint density at radius 1 is 1.38 bits per heavy atom. The van der Waals surface area contributed by atoms with Gasteiger partial charge in [-0.05, 0) is 13.1 Å². The van der Waals surface area contributed by atoms with Crippen LogP contribution in [-0.2, 0) is 0 Å². The minimum absolute atomic E-state index is 0.0247. The maximum atomic E-state index is 13.5. The van der Waals surface area contributed by atoms with E-state index in [0.717, 1.165) is 19.2 Å². The summed E-state index contributed by atoms with van der Waals surface area (Å²) in [6.07, 6.45) is 0. The van der Waals surface area contributed by atoms with Gasteiger partial charge in [-0.15, -0.1) is 0 Å². The van der Waals surface area contributed by atoms with Gasteiger partial charge in [0.2, 0.25) is 0 Å². The van der Waals surface area contributed by atoms with Crippen LogP contribution in [0.3, 0.4) is 0 Å². The van der Waals surface area contributed by atoms with E-state index in [2.05, 4.69) is 10.3 Å². The van der Waals surface area contributed by atoms with Crippen molar-refractivity contribution in [3.05, 3.63) is 33.6 Å². The molecule has 0 aliphatic carbocycles. The first-order valence-corrected chi connectivity index (χ1v) is 6.30. The molecule has 0 aromatic heterocycles. The predicted molar refractivity (Wildman–Crippen MR) is 72.7 cm³/mol. The zero-order valence-electron chi connectivity index (χ0n) is 11.4. The number of nitrogens with zero attached hydrogens (tertiary/aromatic N) is 3. The Balaban J connectivity index is 2.29. The number of carboxylic acids is 1. The van der Waals surface area contributed by atoms with Gasteiger partial charge in [0.15, 0.2) is 0 Å². The lowest BCUT2D eigenvalue weighted by Gasteiger charge is -2.32. The van der Waals surface area contributed by atoms with Gasteiger partial charge in [0.05, 0.1) is 16.6 Å². The van der Waals surface area contributed by atoms with Crippen LogP contribution in [0.5, 0.6) is 0 Å². The lowest BCUT2D eigenvalue weighted by atomic mass is 10.1. The Hall–Kier alpha value is -2.26. The van der Waals surface area contributed by atoms with Crippen LogP contribution >= 0.6 is 0 Å². The number of anilines is 1. The van der Waals surface area contributed by atoms with Crippen LogP contribution in [0.1, 0.15) is 10.4 Å². The standard InChI is InChI=1S/C12H15FN4O4/c1-15-2-4-16(5-3-15)14-10-6-8(12(18)19)9(13)7-11(10)17(20)21/h6-7,14H,2-5H2,1H3,(H,18,19). The average Bonchev–Trinajstić information content (AvgIpc) is 2.42. The molecule has 1 heterocycles. The molecule has 1 aliphatic heterocycles. The number of nitro benzene ring substituents is 1. The van der Waals surface area contributed by atoms with E-state index in [1.54, 1.807) is 5.01 Å². The minimum atomic E-state index is -1.47. The average molecular weight is 298 g/mol. The number of rotatable bonds is 4. The van der Waals surface area contributed by atoms with Gasteiger partial charge in [-0.25, -0.2) is 14.2 Å². The molecule has 8 nitrogen and oxygen atoms in total. The van der Waals surface area contributed by atoms with E-state index in [9.17, 15) is 19.3 Å². The van der Waals surface area contributed by atoms with Crippen molar-refractivity contribution in [1.82, 2.24) is 9.91 Å². The lowest BCUT2D eigenvalue weighted by Crippen LogP contribution is -2.47. The molecule has 1 fully saturated rings. The van der Waals surface area contributed by atoms with Crippen molar-refractivity contribution in [2.45, 2.75) is 0 Å². The summed E-state index contributed by atoms with van der Waals surface area (Å²) in [5.74, 6) is -2.60. The van der Waals surface area contributed by atoms with Crippen LogP contribution in [-0.4, -0.2) is 59.1 Å². The van der Waals surface area contributed by atoms with Crippen LogP contribution in [0.2, 0.25) is 0 Å². The van der Waals surface area contributed by atoms with Crippen LogP contribution in [0.25, 0.3) is 0 Å². The highest BCUT2D eigenvalue weighted by atomic mass is 19.1. The number of benzene rings is 1. The number of halogens is 1. The largest absolute Gasteiger partial charge is 0.478 e. The monoisotopic (exact) mass is 298 g/mol. The molecule has 0 saturated carbocycles. The number of piperazine rings is 1. The smallest absolute Gasteiger partial charge is 0.338 e. The fraction of sp³-hybridized carbons (Fsp3) is 0.417. The van der Waals surface area contributed by atoms with Crippen molar-refractivity contribution < 1.29 is 19.2 Å². The highest BCUT2D eigenvalue weighted by Gasteiger charge is 2.24. The molecule has 2 N–H and O–H groups in total. The Kier molecular flexibility index (Phi) is 4.34. The summed E-state index contributed by atoms with van der Waals surface area (Å²) in [4.78, 5) is 23.3. The predicted octanol–water partition coefficient (Wildman–Crippen LogP) is 1.01. The maximum Gasteiger partial charge on any atom is 0.338 e. The van der Waals surface area contributed by atoms with Crippen molar-refractivity contribution in [2.75, 3.05) is 38.7 Å². The first-order valence-electron chi connectivity index (χ1n) is 6.30. The van der Waals surface area contributed by atoms with E-state index in [4.69, 9.17) is 5.11 Å². The van der Waals surface area contributed by atoms with E-state index < -0.39 is 28.0 Å². The molecule has 1 aliphatic rings. The van der Waals surface area contributed by atoms with Crippen molar-refractivity contribution in [2.24, 2.45) is 0 Å². The molecule has 1 saturated heterocycles. The highest BCUT2D eigenvalue weighted by molar-refractivity contribution is 5.90.